The van der Waals surface area contributed by atoms with Gasteiger partial charge in [0.05, 0.1) is 12.8 Å². The first kappa shape index (κ1) is 20.9. The van der Waals surface area contributed by atoms with Gasteiger partial charge in [-0.25, -0.2) is 0 Å². The van der Waals surface area contributed by atoms with Gasteiger partial charge >= 0.3 is 0 Å². The maximum Gasteiger partial charge on any atom is 0.260 e. The number of allylic oxidation sites excluding steroid dienone is 1. The number of piperazine rings is 1. The molecule has 1 aromatic heterocycles. The Labute approximate surface area is 171 Å². The Balaban J connectivity index is 1.50. The summed E-state index contributed by atoms with van der Waals surface area (Å²) in [7, 11) is 1.60. The zero-order chi connectivity index (χ0) is 20.8. The Hall–Kier alpha value is -2.80. The molecule has 156 valence electrons. The largest absolute Gasteiger partial charge is 0.493 e. The number of carbonyl (C=O) groups excluding carboxylic acids is 1. The molecule has 1 fully saturated rings. The summed E-state index contributed by atoms with van der Waals surface area (Å²) in [5.74, 6) is 2.05. The summed E-state index contributed by atoms with van der Waals surface area (Å²) in [6.07, 6.45) is 3.95. The fourth-order valence-corrected chi connectivity index (χ4v) is 3.44. The predicted octanol–water partition coefficient (Wildman–Crippen LogP) is 3.06. The topological polar surface area (TPSA) is 68.0 Å². The quantitative estimate of drug-likeness (QED) is 0.713. The van der Waals surface area contributed by atoms with Crippen LogP contribution in [0.3, 0.4) is 0 Å². The Kier molecular flexibility index (Phi) is 6.93. The number of carbonyl (C=O) groups is 1. The highest BCUT2D eigenvalue weighted by atomic mass is 16.5. The maximum absolute atomic E-state index is 12.6. The van der Waals surface area contributed by atoms with Gasteiger partial charge in [0.15, 0.2) is 18.1 Å². The van der Waals surface area contributed by atoms with Crippen molar-refractivity contribution in [2.45, 2.75) is 27.3 Å². The van der Waals surface area contributed by atoms with E-state index in [9.17, 15) is 4.79 Å². The lowest BCUT2D eigenvalue weighted by atomic mass is 10.2. The van der Waals surface area contributed by atoms with Crippen LogP contribution in [0.25, 0.3) is 6.08 Å². The third kappa shape index (κ3) is 5.17. The van der Waals surface area contributed by atoms with Gasteiger partial charge in [0.1, 0.15) is 5.76 Å². The number of rotatable bonds is 7. The van der Waals surface area contributed by atoms with Crippen molar-refractivity contribution in [1.29, 1.82) is 0 Å². The Morgan fingerprint density at radius 1 is 1.21 bits per heavy atom. The lowest BCUT2D eigenvalue weighted by molar-refractivity contribution is -0.135. The number of benzene rings is 1. The van der Waals surface area contributed by atoms with Crippen molar-refractivity contribution in [3.8, 4) is 11.5 Å². The number of aryl methyl sites for hydroxylation is 2. The van der Waals surface area contributed by atoms with E-state index in [2.05, 4.69) is 10.1 Å². The van der Waals surface area contributed by atoms with Gasteiger partial charge in [0.2, 0.25) is 0 Å². The number of ether oxygens (including phenoxy) is 2. The van der Waals surface area contributed by atoms with Crippen LogP contribution in [0.5, 0.6) is 11.5 Å². The number of hydrogen-bond donors (Lipinski definition) is 0. The van der Waals surface area contributed by atoms with Crippen LogP contribution in [0.15, 0.2) is 28.8 Å². The Bertz CT molecular complexity index is 847. The number of hydrogen-bond acceptors (Lipinski definition) is 6. The first-order chi connectivity index (χ1) is 14.0. The summed E-state index contributed by atoms with van der Waals surface area (Å²) in [4.78, 5) is 16.7. The van der Waals surface area contributed by atoms with Gasteiger partial charge in [-0.1, -0.05) is 23.4 Å². The van der Waals surface area contributed by atoms with E-state index in [4.69, 9.17) is 14.0 Å². The van der Waals surface area contributed by atoms with Crippen LogP contribution in [-0.4, -0.2) is 60.8 Å². The van der Waals surface area contributed by atoms with Crippen molar-refractivity contribution >= 4 is 12.0 Å². The summed E-state index contributed by atoms with van der Waals surface area (Å²) in [5.41, 5.74) is 3.10. The monoisotopic (exact) mass is 399 g/mol. The van der Waals surface area contributed by atoms with Crippen LogP contribution in [0.1, 0.15) is 29.5 Å². The van der Waals surface area contributed by atoms with Crippen molar-refractivity contribution in [3.05, 3.63) is 46.9 Å². The molecule has 0 unspecified atom stereocenters. The molecule has 3 rings (SSSR count). The molecule has 0 radical (unpaired) electrons. The summed E-state index contributed by atoms with van der Waals surface area (Å²) in [6.45, 7) is 9.66. The van der Waals surface area contributed by atoms with Gasteiger partial charge < -0.3 is 18.9 Å². The third-order valence-electron chi connectivity index (χ3n) is 5.19. The minimum absolute atomic E-state index is 0.00317. The zero-order valence-corrected chi connectivity index (χ0v) is 17.6. The number of nitrogens with zero attached hydrogens (tertiary/aromatic N) is 3. The first-order valence-corrected chi connectivity index (χ1v) is 9.87. The average molecular weight is 399 g/mol. The van der Waals surface area contributed by atoms with Crippen molar-refractivity contribution in [2.24, 2.45) is 0 Å². The first-order valence-electron chi connectivity index (χ1n) is 9.87. The van der Waals surface area contributed by atoms with E-state index >= 15 is 0 Å². The van der Waals surface area contributed by atoms with Crippen LogP contribution < -0.4 is 9.47 Å². The molecule has 0 atom stereocenters. The zero-order valence-electron chi connectivity index (χ0n) is 17.6. The molecule has 0 spiro atoms. The van der Waals surface area contributed by atoms with Gasteiger partial charge in [0.25, 0.3) is 5.91 Å². The summed E-state index contributed by atoms with van der Waals surface area (Å²) in [6, 6.07) is 5.67. The maximum atomic E-state index is 12.6. The molecular weight excluding hydrogens is 370 g/mol. The van der Waals surface area contributed by atoms with Gasteiger partial charge in [-0.05, 0) is 38.5 Å². The van der Waals surface area contributed by atoms with E-state index in [1.54, 1.807) is 7.11 Å². The fourth-order valence-electron chi connectivity index (χ4n) is 3.44. The summed E-state index contributed by atoms with van der Waals surface area (Å²) >= 11 is 0. The van der Waals surface area contributed by atoms with Crippen molar-refractivity contribution in [3.63, 3.8) is 0 Å². The molecule has 1 aromatic carbocycles. The fraction of sp³-hybridized carbons (Fsp3) is 0.455. The van der Waals surface area contributed by atoms with Crippen molar-refractivity contribution in [1.82, 2.24) is 15.0 Å². The minimum Gasteiger partial charge on any atom is -0.493 e. The van der Waals surface area contributed by atoms with Crippen molar-refractivity contribution in [2.75, 3.05) is 39.9 Å². The van der Waals surface area contributed by atoms with Crippen LogP contribution in [0, 0.1) is 13.8 Å². The van der Waals surface area contributed by atoms with Crippen LogP contribution in [-0.2, 0) is 11.3 Å². The van der Waals surface area contributed by atoms with E-state index in [0.29, 0.717) is 24.6 Å². The van der Waals surface area contributed by atoms with Gasteiger partial charge in [-0.3, -0.25) is 9.69 Å². The molecule has 0 N–H and O–H groups in total. The molecule has 2 heterocycles. The molecule has 7 nitrogen and oxygen atoms in total. The normalized spacial score (nSPS) is 15.1. The molecule has 29 heavy (non-hydrogen) atoms. The smallest absolute Gasteiger partial charge is 0.260 e. The molecule has 1 aliphatic heterocycles. The van der Waals surface area contributed by atoms with E-state index in [-0.39, 0.29) is 12.5 Å². The molecule has 0 saturated carbocycles. The molecule has 0 bridgehead atoms. The number of methoxy groups -OCH3 is 1. The second-order valence-electron chi connectivity index (χ2n) is 7.16. The highest BCUT2D eigenvalue weighted by molar-refractivity contribution is 5.78. The van der Waals surface area contributed by atoms with Crippen LogP contribution >= 0.6 is 0 Å². The van der Waals surface area contributed by atoms with E-state index in [0.717, 1.165) is 42.2 Å². The standard InChI is InChI=1S/C22H29N3O4/c1-5-6-18-7-8-20(21(13-18)27-4)28-15-22(26)25-11-9-24(10-12-25)14-19-16(2)23-29-17(19)3/h5-8,13H,9-12,14-15H2,1-4H3/b6-5+. The van der Waals surface area contributed by atoms with Gasteiger partial charge in [0, 0.05) is 38.3 Å². The SMILES string of the molecule is C/C=C/c1ccc(OCC(=O)N2CCN(Cc3c(C)noc3C)CC2)c(OC)c1. The Morgan fingerprint density at radius 3 is 2.59 bits per heavy atom. The summed E-state index contributed by atoms with van der Waals surface area (Å²) < 4.78 is 16.4. The minimum atomic E-state index is -0.0124. The second-order valence-corrected chi connectivity index (χ2v) is 7.16. The summed E-state index contributed by atoms with van der Waals surface area (Å²) in [5, 5.41) is 4.01. The molecule has 1 aliphatic rings. The lowest BCUT2D eigenvalue weighted by Gasteiger charge is -2.34. The lowest BCUT2D eigenvalue weighted by Crippen LogP contribution is -2.49. The third-order valence-corrected chi connectivity index (χ3v) is 5.19. The Morgan fingerprint density at radius 2 is 1.97 bits per heavy atom. The highest BCUT2D eigenvalue weighted by Crippen LogP contribution is 2.28. The van der Waals surface area contributed by atoms with E-state index in [1.165, 1.54) is 0 Å². The molecule has 1 saturated heterocycles. The molecule has 7 heteroatoms. The van der Waals surface area contributed by atoms with Gasteiger partial charge in [-0.15, -0.1) is 0 Å². The molecule has 2 aromatic rings. The van der Waals surface area contributed by atoms with E-state index in [1.807, 2.05) is 56.0 Å². The number of aromatic nitrogens is 1. The molecule has 0 aliphatic carbocycles. The highest BCUT2D eigenvalue weighted by Gasteiger charge is 2.23. The van der Waals surface area contributed by atoms with Crippen LogP contribution in [0.2, 0.25) is 0 Å². The average Bonchev–Trinajstić information content (AvgIpc) is 3.05. The van der Waals surface area contributed by atoms with Gasteiger partial charge in [-0.2, -0.15) is 0 Å². The van der Waals surface area contributed by atoms with Crippen LogP contribution in [0.4, 0.5) is 0 Å². The van der Waals surface area contributed by atoms with Crippen molar-refractivity contribution < 1.29 is 18.8 Å². The molecular formula is C22H29N3O4. The molecule has 1 amide bonds. The number of amides is 1. The second kappa shape index (κ2) is 9.60. The van der Waals surface area contributed by atoms with E-state index < -0.39 is 0 Å². The predicted molar refractivity (Wildman–Crippen MR) is 111 cm³/mol.